The molecule has 4 aromatic rings. The molecule has 0 aliphatic heterocycles. The summed E-state index contributed by atoms with van der Waals surface area (Å²) in [7, 11) is 3.53. The lowest BCUT2D eigenvalue weighted by molar-refractivity contribution is 0.241. The van der Waals surface area contributed by atoms with Crippen molar-refractivity contribution in [3.8, 4) is 11.1 Å². The largest absolute Gasteiger partial charge is 0.540 e. The third-order valence-electron chi connectivity index (χ3n) is 8.43. The van der Waals surface area contributed by atoms with Crippen molar-refractivity contribution in [2.75, 3.05) is 0 Å². The van der Waals surface area contributed by atoms with Gasteiger partial charge in [-0.15, -0.1) is 0 Å². The fourth-order valence-electron chi connectivity index (χ4n) is 6.72. The van der Waals surface area contributed by atoms with Gasteiger partial charge >= 0.3 is 10.5 Å². The highest BCUT2D eigenvalue weighted by Crippen LogP contribution is 2.59. The standard InChI is InChI=1S/C34H31OSi/c1-33(2,3)34(25-15-8-5-9-16-25)22-30-28-19-18-23-12-10-11-17-26(23)27(28)20-21-29(30)32(35-36)31(34)24-13-6-4-7-14-24/h4-17,20-21H,18-19,22H2,1-3H3. The van der Waals surface area contributed by atoms with Crippen molar-refractivity contribution in [2.24, 2.45) is 5.41 Å². The molecule has 6 rings (SSSR count). The van der Waals surface area contributed by atoms with Crippen LogP contribution < -0.4 is 0 Å². The molecule has 2 aliphatic rings. The molecule has 0 saturated carbocycles. The molecule has 0 heterocycles. The zero-order valence-electron chi connectivity index (χ0n) is 21.3. The van der Waals surface area contributed by atoms with Crippen LogP contribution >= 0.6 is 0 Å². The maximum Gasteiger partial charge on any atom is 0.341 e. The maximum atomic E-state index is 6.20. The average Bonchev–Trinajstić information content (AvgIpc) is 2.91. The van der Waals surface area contributed by atoms with Crippen LogP contribution in [0.3, 0.4) is 0 Å². The monoisotopic (exact) mass is 483 g/mol. The number of aryl methyl sites for hydroxylation is 1. The van der Waals surface area contributed by atoms with Crippen LogP contribution in [0.15, 0.2) is 97.1 Å². The second-order valence-corrected chi connectivity index (χ2v) is 11.3. The Kier molecular flexibility index (Phi) is 5.53. The van der Waals surface area contributed by atoms with Crippen molar-refractivity contribution >= 4 is 21.8 Å². The van der Waals surface area contributed by atoms with Crippen molar-refractivity contribution in [3.63, 3.8) is 0 Å². The summed E-state index contributed by atoms with van der Waals surface area (Å²) >= 11 is 0. The van der Waals surface area contributed by atoms with Gasteiger partial charge in [-0.25, -0.2) is 0 Å². The highest BCUT2D eigenvalue weighted by molar-refractivity contribution is 6.07. The molecule has 1 nitrogen and oxygen atoms in total. The third kappa shape index (κ3) is 3.35. The molecule has 3 radical (unpaired) electrons. The fourth-order valence-corrected chi connectivity index (χ4v) is 6.93. The minimum absolute atomic E-state index is 0.0808. The van der Waals surface area contributed by atoms with Crippen molar-refractivity contribution in [2.45, 2.75) is 45.4 Å². The summed E-state index contributed by atoms with van der Waals surface area (Å²) in [5.74, 6) is 0.930. The molecule has 0 saturated heterocycles. The van der Waals surface area contributed by atoms with Crippen molar-refractivity contribution in [1.82, 2.24) is 0 Å². The Labute approximate surface area is 218 Å². The summed E-state index contributed by atoms with van der Waals surface area (Å²) < 4.78 is 6.20. The van der Waals surface area contributed by atoms with E-state index in [1.807, 2.05) is 0 Å². The van der Waals surface area contributed by atoms with Crippen LogP contribution in [0.2, 0.25) is 0 Å². The first-order chi connectivity index (χ1) is 17.5. The number of hydrogen-bond donors (Lipinski definition) is 0. The van der Waals surface area contributed by atoms with Gasteiger partial charge in [-0.05, 0) is 63.6 Å². The quantitative estimate of drug-likeness (QED) is 0.269. The first kappa shape index (κ1) is 23.1. The van der Waals surface area contributed by atoms with E-state index in [0.29, 0.717) is 0 Å². The second-order valence-electron chi connectivity index (χ2n) is 11.1. The van der Waals surface area contributed by atoms with Gasteiger partial charge in [-0.1, -0.05) is 118 Å². The number of fused-ring (bicyclic) bond motifs is 5. The molecule has 0 aromatic heterocycles. The molecular weight excluding hydrogens is 452 g/mol. The summed E-state index contributed by atoms with van der Waals surface area (Å²) in [5.41, 5.74) is 11.7. The number of allylic oxidation sites excluding steroid dienone is 1. The summed E-state index contributed by atoms with van der Waals surface area (Å²) in [6.07, 6.45) is 3.07. The van der Waals surface area contributed by atoms with Crippen LogP contribution in [0.1, 0.15) is 54.2 Å². The van der Waals surface area contributed by atoms with E-state index in [1.54, 1.807) is 0 Å². The highest BCUT2D eigenvalue weighted by atomic mass is 28.2. The Bertz CT molecular complexity index is 1460. The van der Waals surface area contributed by atoms with Gasteiger partial charge in [0.2, 0.25) is 0 Å². The Hall–Kier alpha value is -3.36. The molecule has 0 fully saturated rings. The fraction of sp³-hybridized carbons (Fsp3) is 0.235. The minimum atomic E-state index is -0.281. The lowest BCUT2D eigenvalue weighted by Gasteiger charge is -2.51. The van der Waals surface area contributed by atoms with Gasteiger partial charge in [-0.2, -0.15) is 0 Å². The maximum absolute atomic E-state index is 6.20. The molecular formula is C34H31OSi. The Morgan fingerprint density at radius 3 is 2.00 bits per heavy atom. The van der Waals surface area contributed by atoms with Gasteiger partial charge in [-0.3, -0.25) is 0 Å². The topological polar surface area (TPSA) is 9.23 Å². The lowest BCUT2D eigenvalue weighted by atomic mass is 9.52. The van der Waals surface area contributed by atoms with E-state index in [0.717, 1.165) is 25.0 Å². The van der Waals surface area contributed by atoms with Crippen LogP contribution in [0.4, 0.5) is 0 Å². The van der Waals surface area contributed by atoms with Crippen LogP contribution in [0.25, 0.3) is 22.5 Å². The molecule has 2 aliphatic carbocycles. The first-order valence-corrected chi connectivity index (χ1v) is 13.3. The van der Waals surface area contributed by atoms with E-state index in [9.17, 15) is 0 Å². The zero-order chi connectivity index (χ0) is 24.9. The van der Waals surface area contributed by atoms with Gasteiger partial charge < -0.3 is 4.43 Å². The second kappa shape index (κ2) is 8.64. The van der Waals surface area contributed by atoms with Crippen LogP contribution in [0, 0.1) is 5.41 Å². The van der Waals surface area contributed by atoms with Crippen molar-refractivity contribution in [3.05, 3.63) is 130 Å². The SMILES string of the molecule is CC(C)(C)C1(c2ccccc2)Cc2c(ccc3c2CCc2ccccc2-3)C(O[Si])=C1c1ccccc1. The Balaban J connectivity index is 1.73. The van der Waals surface area contributed by atoms with Gasteiger partial charge in [0.25, 0.3) is 0 Å². The van der Waals surface area contributed by atoms with E-state index in [4.69, 9.17) is 4.43 Å². The van der Waals surface area contributed by atoms with E-state index in [1.165, 1.54) is 50.1 Å². The highest BCUT2D eigenvalue weighted by Gasteiger charge is 2.51. The van der Waals surface area contributed by atoms with Crippen LogP contribution in [-0.4, -0.2) is 10.5 Å². The smallest absolute Gasteiger partial charge is 0.341 e. The number of rotatable bonds is 3. The number of benzene rings is 4. The normalized spacial score (nSPS) is 18.8. The predicted octanol–water partition coefficient (Wildman–Crippen LogP) is 7.96. The zero-order valence-corrected chi connectivity index (χ0v) is 22.3. The first-order valence-electron chi connectivity index (χ1n) is 12.9. The van der Waals surface area contributed by atoms with Gasteiger partial charge in [0.05, 0.1) is 0 Å². The molecule has 0 N–H and O–H groups in total. The van der Waals surface area contributed by atoms with E-state index >= 15 is 0 Å². The summed E-state index contributed by atoms with van der Waals surface area (Å²) in [4.78, 5) is 0. The Morgan fingerprint density at radius 1 is 0.667 bits per heavy atom. The molecule has 0 amide bonds. The molecule has 1 atom stereocenters. The predicted molar refractivity (Wildman–Crippen MR) is 151 cm³/mol. The summed E-state index contributed by atoms with van der Waals surface area (Å²) in [6, 6.07) is 35.3. The van der Waals surface area contributed by atoms with E-state index in [-0.39, 0.29) is 10.8 Å². The Morgan fingerprint density at radius 2 is 1.31 bits per heavy atom. The average molecular weight is 484 g/mol. The molecule has 0 spiro atoms. The van der Waals surface area contributed by atoms with Gasteiger partial charge in [0, 0.05) is 16.6 Å². The molecule has 4 aromatic carbocycles. The van der Waals surface area contributed by atoms with E-state index in [2.05, 4.69) is 128 Å². The lowest BCUT2D eigenvalue weighted by Crippen LogP contribution is -2.46. The number of hydrogen-bond acceptors (Lipinski definition) is 1. The van der Waals surface area contributed by atoms with Crippen LogP contribution in [0.5, 0.6) is 0 Å². The molecule has 0 bridgehead atoms. The van der Waals surface area contributed by atoms with Crippen LogP contribution in [-0.2, 0) is 29.1 Å². The van der Waals surface area contributed by atoms with Crippen molar-refractivity contribution in [1.29, 1.82) is 0 Å². The third-order valence-corrected chi connectivity index (χ3v) is 8.64. The summed E-state index contributed by atoms with van der Waals surface area (Å²) in [6.45, 7) is 7.14. The minimum Gasteiger partial charge on any atom is -0.540 e. The molecule has 1 unspecified atom stereocenters. The molecule has 2 heteroatoms. The summed E-state index contributed by atoms with van der Waals surface area (Å²) in [5, 5.41) is 0. The van der Waals surface area contributed by atoms with Gasteiger partial charge in [0.15, 0.2) is 0 Å². The van der Waals surface area contributed by atoms with Gasteiger partial charge in [0.1, 0.15) is 5.76 Å². The van der Waals surface area contributed by atoms with E-state index < -0.39 is 0 Å². The molecule has 36 heavy (non-hydrogen) atoms. The molecule has 177 valence electrons. The van der Waals surface area contributed by atoms with Crippen molar-refractivity contribution < 1.29 is 4.43 Å².